The van der Waals surface area contributed by atoms with Gasteiger partial charge in [-0.2, -0.15) is 13.8 Å². The molecular weight excluding hydrogens is 868 g/mol. The molecule has 0 saturated heterocycles. The summed E-state index contributed by atoms with van der Waals surface area (Å²) in [6.07, 6.45) is 1.90. The molecule has 7 aromatic rings. The van der Waals surface area contributed by atoms with Gasteiger partial charge in [0.2, 0.25) is 5.69 Å². The molecule has 1 aliphatic heterocycles. The zero-order chi connectivity index (χ0) is 39.0. The van der Waals surface area contributed by atoms with E-state index in [1.807, 2.05) is 24.4 Å². The Bertz CT molecular complexity index is 2710. The maximum absolute atomic E-state index is 6.79. The Morgan fingerprint density at radius 2 is 1.16 bits per heavy atom. The summed E-state index contributed by atoms with van der Waals surface area (Å²) in [6.45, 7) is 29.5. The summed E-state index contributed by atoms with van der Waals surface area (Å²) >= 11 is 0. The van der Waals surface area contributed by atoms with Gasteiger partial charge in [0.25, 0.3) is 11.4 Å². The SMILES string of the molecule is [CH2-]c1c(Oc2ccc3c4ccccc4n(-c4cc(C(C)(C)C)ccn4)c3c2[CH2-])cccc1[N+]1=C=[N+](c2cc(C(C)(C)C)cc(C(C)(C)C)c2)c2ccccc21.[Pt+2]. The van der Waals surface area contributed by atoms with Gasteiger partial charge in [0.05, 0.1) is 0 Å². The molecule has 6 heteroatoms. The van der Waals surface area contributed by atoms with E-state index in [4.69, 9.17) is 9.72 Å². The zero-order valence-electron chi connectivity index (χ0n) is 33.9. The molecule has 284 valence electrons. The standard InChI is InChI=1S/C50H50N4O.Pt/c1-32-40(53-31-52(42-19-14-15-20-43(42)53)37-28-35(49(6,7)8)27-36(29-37)50(9,10)11)21-16-22-44(32)55-45-24-23-39-38-17-12-13-18-41(38)54(47(39)33(45)2)46-30-34(25-26-51-46)48(3,4)5;/h12-30H,1-2H2,3-11H3;/q;+2. The molecule has 0 spiro atoms. The van der Waals surface area contributed by atoms with Crippen LogP contribution in [0.4, 0.5) is 22.7 Å². The minimum atomic E-state index is -0.0267. The third kappa shape index (κ3) is 6.78. The summed E-state index contributed by atoms with van der Waals surface area (Å²) < 4.78 is 13.3. The molecule has 0 atom stereocenters. The number of hydrogen-bond donors (Lipinski definition) is 0. The van der Waals surface area contributed by atoms with Crippen molar-refractivity contribution in [3.63, 3.8) is 0 Å². The minimum Gasteiger partial charge on any atom is -0.574 e. The Morgan fingerprint density at radius 1 is 0.571 bits per heavy atom. The molecule has 0 unspecified atom stereocenters. The van der Waals surface area contributed by atoms with Crippen molar-refractivity contribution < 1.29 is 25.8 Å². The molecular formula is C50H50N4OPt+2. The fourth-order valence-electron chi connectivity index (χ4n) is 7.46. The molecule has 0 saturated carbocycles. The number of aromatic nitrogens is 2. The maximum Gasteiger partial charge on any atom is 2.00 e. The Kier molecular flexibility index (Phi) is 9.72. The maximum atomic E-state index is 6.79. The topological polar surface area (TPSA) is 33.1 Å². The van der Waals surface area contributed by atoms with Gasteiger partial charge in [-0.25, -0.2) is 4.98 Å². The average molecular weight is 918 g/mol. The molecule has 5 aromatic carbocycles. The summed E-state index contributed by atoms with van der Waals surface area (Å²) in [5, 5.41) is 2.24. The first kappa shape index (κ1) is 38.9. The van der Waals surface area contributed by atoms with E-state index in [9.17, 15) is 0 Å². The number of para-hydroxylation sites is 3. The number of hydrogen-bond acceptors (Lipinski definition) is 2. The number of nitrogens with zero attached hydrogens (tertiary/aromatic N) is 4. The number of rotatable bonds is 5. The van der Waals surface area contributed by atoms with E-state index in [-0.39, 0.29) is 37.3 Å². The van der Waals surface area contributed by atoms with Crippen LogP contribution in [0.3, 0.4) is 0 Å². The summed E-state index contributed by atoms with van der Waals surface area (Å²) in [6, 6.07) is 42.1. The quantitative estimate of drug-likeness (QED) is 0.127. The van der Waals surface area contributed by atoms with Crippen LogP contribution in [0, 0.1) is 13.8 Å². The van der Waals surface area contributed by atoms with Crippen molar-refractivity contribution in [1.82, 2.24) is 18.7 Å². The normalized spacial score (nSPS) is 13.0. The molecule has 8 rings (SSSR count). The van der Waals surface area contributed by atoms with Crippen molar-refractivity contribution in [1.29, 1.82) is 0 Å². The van der Waals surface area contributed by atoms with Gasteiger partial charge in [-0.15, -0.1) is 10.1 Å². The first-order valence-electron chi connectivity index (χ1n) is 19.1. The van der Waals surface area contributed by atoms with Crippen LogP contribution in [-0.2, 0) is 37.3 Å². The minimum absolute atomic E-state index is 0. The van der Waals surface area contributed by atoms with Crippen LogP contribution in [0.1, 0.15) is 90.1 Å². The number of benzene rings is 5. The summed E-state index contributed by atoms with van der Waals surface area (Å²) in [4.78, 5) is 4.87. The summed E-state index contributed by atoms with van der Waals surface area (Å²) in [5.74, 6) is 2.17. The molecule has 0 fully saturated rings. The van der Waals surface area contributed by atoms with Crippen LogP contribution in [-0.4, -0.2) is 15.6 Å². The van der Waals surface area contributed by atoms with E-state index in [1.54, 1.807) is 0 Å². The molecule has 0 aliphatic carbocycles. The van der Waals surface area contributed by atoms with E-state index >= 15 is 0 Å². The van der Waals surface area contributed by atoms with Crippen molar-refractivity contribution in [2.75, 3.05) is 0 Å². The second-order valence-electron chi connectivity index (χ2n) is 17.8. The zero-order valence-corrected chi connectivity index (χ0v) is 36.2. The fourth-order valence-corrected chi connectivity index (χ4v) is 7.46. The fraction of sp³-hybridized carbons (Fsp3) is 0.240. The third-order valence-electron chi connectivity index (χ3n) is 10.8. The predicted octanol–water partition coefficient (Wildman–Crippen LogP) is 13.1. The summed E-state index contributed by atoms with van der Waals surface area (Å²) in [7, 11) is 0. The Hall–Kier alpha value is -5.34. The van der Waals surface area contributed by atoms with Crippen molar-refractivity contribution in [3.05, 3.63) is 157 Å². The van der Waals surface area contributed by atoms with Crippen molar-refractivity contribution >= 4 is 50.6 Å². The molecule has 3 heterocycles. The number of ether oxygens (including phenoxy) is 1. The molecule has 2 aromatic heterocycles. The van der Waals surface area contributed by atoms with Gasteiger partial charge in [-0.3, -0.25) is 0 Å². The monoisotopic (exact) mass is 917 g/mol. The van der Waals surface area contributed by atoms with Gasteiger partial charge >= 0.3 is 27.1 Å². The van der Waals surface area contributed by atoms with Crippen LogP contribution in [0.15, 0.2) is 115 Å². The van der Waals surface area contributed by atoms with E-state index in [0.29, 0.717) is 11.5 Å². The molecule has 0 amide bonds. The van der Waals surface area contributed by atoms with E-state index in [2.05, 4.69) is 187 Å². The van der Waals surface area contributed by atoms with Gasteiger partial charge < -0.3 is 9.30 Å². The molecule has 5 nitrogen and oxygen atoms in total. The Morgan fingerprint density at radius 3 is 1.82 bits per heavy atom. The smallest absolute Gasteiger partial charge is 0.574 e. The van der Waals surface area contributed by atoms with Gasteiger partial charge in [-0.1, -0.05) is 129 Å². The Balaban J connectivity index is 0.00000480. The van der Waals surface area contributed by atoms with Gasteiger partial charge in [0, 0.05) is 47.5 Å². The van der Waals surface area contributed by atoms with Gasteiger partial charge in [0.1, 0.15) is 11.5 Å². The number of pyridine rings is 1. The largest absolute Gasteiger partial charge is 2.00 e. The van der Waals surface area contributed by atoms with Crippen LogP contribution in [0.25, 0.3) is 27.6 Å². The first-order valence-corrected chi connectivity index (χ1v) is 19.1. The van der Waals surface area contributed by atoms with E-state index in [0.717, 1.165) is 61.5 Å². The third-order valence-corrected chi connectivity index (χ3v) is 10.8. The van der Waals surface area contributed by atoms with E-state index in [1.165, 1.54) is 16.7 Å². The van der Waals surface area contributed by atoms with Crippen LogP contribution in [0.5, 0.6) is 11.5 Å². The van der Waals surface area contributed by atoms with Crippen molar-refractivity contribution in [2.24, 2.45) is 0 Å². The van der Waals surface area contributed by atoms with Crippen LogP contribution < -0.4 is 13.9 Å². The van der Waals surface area contributed by atoms with Gasteiger partial charge in [0.15, 0.2) is 0 Å². The van der Waals surface area contributed by atoms with E-state index < -0.39 is 0 Å². The predicted molar refractivity (Wildman–Crippen MR) is 231 cm³/mol. The number of fused-ring (bicyclic) bond motifs is 4. The van der Waals surface area contributed by atoms with Crippen LogP contribution >= 0.6 is 0 Å². The molecule has 0 N–H and O–H groups in total. The second-order valence-corrected chi connectivity index (χ2v) is 17.8. The van der Waals surface area contributed by atoms with Crippen molar-refractivity contribution in [2.45, 2.75) is 78.6 Å². The molecule has 0 radical (unpaired) electrons. The second kappa shape index (κ2) is 14.0. The molecule has 56 heavy (non-hydrogen) atoms. The van der Waals surface area contributed by atoms with Crippen molar-refractivity contribution in [3.8, 4) is 17.3 Å². The van der Waals surface area contributed by atoms with Gasteiger partial charge in [-0.05, 0) is 78.1 Å². The molecule has 1 aliphatic rings. The average Bonchev–Trinajstić information content (AvgIpc) is 3.69. The molecule has 0 bridgehead atoms. The first-order chi connectivity index (χ1) is 26.0. The Labute approximate surface area is 346 Å². The van der Waals surface area contributed by atoms with Crippen LogP contribution in [0.2, 0.25) is 0 Å². The summed E-state index contributed by atoms with van der Waals surface area (Å²) in [5.41, 5.74) is 11.4.